The minimum atomic E-state index is -0.231. The molecule has 0 unspecified atom stereocenters. The summed E-state index contributed by atoms with van der Waals surface area (Å²) in [6.45, 7) is 2.67. The van der Waals surface area contributed by atoms with E-state index in [0.717, 1.165) is 13.1 Å². The standard InChI is InChI=1S/C21H19Cl2NO3/c22-14-5-4-13(17(23)11-14)10-19-20(26)15-6-7-18(25)16(21(15)27-19)12-24-8-2-1-3-9-24/h4-7,10-11,25H,1-3,8-9,12H2/b19-10-. The van der Waals surface area contributed by atoms with Crippen LogP contribution >= 0.6 is 23.2 Å². The SMILES string of the molecule is O=C1/C(=C/c2ccc(Cl)cc2Cl)Oc2c1ccc([O-])c2C[NH+]1CCCCC1. The lowest BCUT2D eigenvalue weighted by molar-refractivity contribution is -0.918. The van der Waals surface area contributed by atoms with Gasteiger partial charge < -0.3 is 14.7 Å². The molecule has 4 rings (SSSR count). The number of quaternary nitrogens is 1. The van der Waals surface area contributed by atoms with Crippen molar-refractivity contribution in [2.75, 3.05) is 13.1 Å². The Labute approximate surface area is 168 Å². The molecule has 6 heteroatoms. The van der Waals surface area contributed by atoms with Gasteiger partial charge in [-0.2, -0.15) is 0 Å². The number of likely N-dealkylation sites (tertiary alicyclic amines) is 1. The van der Waals surface area contributed by atoms with Crippen molar-refractivity contribution >= 4 is 35.1 Å². The van der Waals surface area contributed by atoms with Gasteiger partial charge in [0, 0.05) is 15.6 Å². The van der Waals surface area contributed by atoms with Crippen LogP contribution in [0.4, 0.5) is 0 Å². The Balaban J connectivity index is 1.67. The predicted molar refractivity (Wildman–Crippen MR) is 104 cm³/mol. The third-order valence-electron chi connectivity index (χ3n) is 5.13. The number of allylic oxidation sites excluding steroid dienone is 1. The fraction of sp³-hybridized carbons (Fsp3) is 0.286. The zero-order chi connectivity index (χ0) is 19.0. The molecule has 0 amide bonds. The summed E-state index contributed by atoms with van der Waals surface area (Å²) in [4.78, 5) is 14.1. The number of rotatable bonds is 3. The first-order valence-electron chi connectivity index (χ1n) is 9.08. The van der Waals surface area contributed by atoms with E-state index in [-0.39, 0.29) is 17.3 Å². The van der Waals surface area contributed by atoms with Gasteiger partial charge in [-0.1, -0.05) is 41.1 Å². The van der Waals surface area contributed by atoms with Crippen LogP contribution in [0.1, 0.15) is 40.7 Å². The van der Waals surface area contributed by atoms with Gasteiger partial charge in [-0.05, 0) is 49.1 Å². The van der Waals surface area contributed by atoms with E-state index in [9.17, 15) is 9.90 Å². The van der Waals surface area contributed by atoms with E-state index in [0.29, 0.717) is 39.0 Å². The molecule has 0 atom stereocenters. The van der Waals surface area contributed by atoms with Crippen LogP contribution in [0.3, 0.4) is 0 Å². The van der Waals surface area contributed by atoms with Gasteiger partial charge in [0.2, 0.25) is 5.78 Å². The van der Waals surface area contributed by atoms with Gasteiger partial charge in [0.1, 0.15) is 12.3 Å². The largest absolute Gasteiger partial charge is 0.872 e. The molecule has 0 aromatic heterocycles. The molecule has 2 aliphatic heterocycles. The molecule has 1 fully saturated rings. The van der Waals surface area contributed by atoms with Crippen molar-refractivity contribution in [2.24, 2.45) is 0 Å². The third kappa shape index (κ3) is 3.70. The molecule has 0 bridgehead atoms. The van der Waals surface area contributed by atoms with Crippen LogP contribution in [0.5, 0.6) is 11.5 Å². The highest BCUT2D eigenvalue weighted by atomic mass is 35.5. The minimum Gasteiger partial charge on any atom is -0.872 e. The maximum absolute atomic E-state index is 12.8. The van der Waals surface area contributed by atoms with E-state index in [1.165, 1.54) is 30.2 Å². The van der Waals surface area contributed by atoms with Crippen LogP contribution in [0, 0.1) is 0 Å². The van der Waals surface area contributed by atoms with Crippen LogP contribution in [0.15, 0.2) is 36.1 Å². The smallest absolute Gasteiger partial charge is 0.231 e. The van der Waals surface area contributed by atoms with E-state index in [4.69, 9.17) is 27.9 Å². The third-order valence-corrected chi connectivity index (χ3v) is 5.70. The molecule has 0 aliphatic carbocycles. The molecule has 140 valence electrons. The summed E-state index contributed by atoms with van der Waals surface area (Å²) < 4.78 is 5.87. The lowest BCUT2D eigenvalue weighted by atomic mass is 10.0. The number of nitrogens with one attached hydrogen (secondary N) is 1. The quantitative estimate of drug-likeness (QED) is 0.800. The highest BCUT2D eigenvalue weighted by Crippen LogP contribution is 2.38. The monoisotopic (exact) mass is 403 g/mol. The number of ketones is 1. The molecule has 4 nitrogen and oxygen atoms in total. The van der Waals surface area contributed by atoms with E-state index in [1.807, 2.05) is 0 Å². The lowest BCUT2D eigenvalue weighted by Gasteiger charge is -2.26. The van der Waals surface area contributed by atoms with Gasteiger partial charge in [-0.15, -0.1) is 0 Å². The zero-order valence-electron chi connectivity index (χ0n) is 14.7. The predicted octanol–water partition coefficient (Wildman–Crippen LogP) is 3.25. The fourth-order valence-electron chi connectivity index (χ4n) is 3.69. The van der Waals surface area contributed by atoms with Gasteiger partial charge in [0.25, 0.3) is 0 Å². The van der Waals surface area contributed by atoms with Crippen molar-refractivity contribution in [3.63, 3.8) is 0 Å². The number of Topliss-reactive ketones (excluding diaryl/α,β-unsaturated/α-hetero) is 1. The van der Waals surface area contributed by atoms with Gasteiger partial charge in [0.05, 0.1) is 18.7 Å². The summed E-state index contributed by atoms with van der Waals surface area (Å²) in [6, 6.07) is 8.07. The van der Waals surface area contributed by atoms with Gasteiger partial charge in [-0.3, -0.25) is 4.79 Å². The second-order valence-corrected chi connectivity index (χ2v) is 7.86. The van der Waals surface area contributed by atoms with Crippen LogP contribution in [-0.4, -0.2) is 18.9 Å². The molecule has 0 saturated carbocycles. The molecule has 1 saturated heterocycles. The van der Waals surface area contributed by atoms with E-state index >= 15 is 0 Å². The van der Waals surface area contributed by atoms with Crippen molar-refractivity contribution in [3.8, 4) is 11.5 Å². The Kier molecular flexibility index (Phi) is 5.13. The Hall–Kier alpha value is -2.01. The average molecular weight is 404 g/mol. The van der Waals surface area contributed by atoms with Crippen LogP contribution in [0.25, 0.3) is 6.08 Å². The molecule has 1 N–H and O–H groups in total. The van der Waals surface area contributed by atoms with Crippen molar-refractivity contribution in [3.05, 3.63) is 62.8 Å². The molecule has 0 radical (unpaired) electrons. The number of piperidine rings is 1. The maximum Gasteiger partial charge on any atom is 0.231 e. The van der Waals surface area contributed by atoms with Crippen molar-refractivity contribution in [1.29, 1.82) is 0 Å². The van der Waals surface area contributed by atoms with Gasteiger partial charge >= 0.3 is 0 Å². The van der Waals surface area contributed by atoms with Gasteiger partial charge in [-0.25, -0.2) is 0 Å². The second-order valence-electron chi connectivity index (χ2n) is 7.01. The Morgan fingerprint density at radius 1 is 1.11 bits per heavy atom. The Morgan fingerprint density at radius 3 is 2.63 bits per heavy atom. The highest BCUT2D eigenvalue weighted by molar-refractivity contribution is 6.35. The first-order valence-corrected chi connectivity index (χ1v) is 9.84. The zero-order valence-corrected chi connectivity index (χ0v) is 16.2. The summed E-state index contributed by atoms with van der Waals surface area (Å²) in [5.41, 5.74) is 1.67. The van der Waals surface area contributed by atoms with E-state index in [2.05, 4.69) is 0 Å². The van der Waals surface area contributed by atoms with E-state index < -0.39 is 0 Å². The summed E-state index contributed by atoms with van der Waals surface area (Å²) in [7, 11) is 0. The normalized spacial score (nSPS) is 18.6. The summed E-state index contributed by atoms with van der Waals surface area (Å²) >= 11 is 12.1. The highest BCUT2D eigenvalue weighted by Gasteiger charge is 2.31. The first-order chi connectivity index (χ1) is 13.0. The first kappa shape index (κ1) is 18.4. The molecule has 0 spiro atoms. The number of hydrogen-bond acceptors (Lipinski definition) is 3. The number of halogens is 2. The van der Waals surface area contributed by atoms with Crippen LogP contribution < -0.4 is 14.7 Å². The average Bonchev–Trinajstić information content (AvgIpc) is 2.97. The number of fused-ring (bicyclic) bond motifs is 1. The Bertz CT molecular complexity index is 933. The molecule has 27 heavy (non-hydrogen) atoms. The number of carbonyl (C=O) groups excluding carboxylic acids is 1. The summed E-state index contributed by atoms with van der Waals surface area (Å²) in [6.07, 6.45) is 5.17. The topological polar surface area (TPSA) is 53.8 Å². The molecule has 2 aromatic rings. The van der Waals surface area contributed by atoms with Crippen LogP contribution in [0.2, 0.25) is 10.0 Å². The number of benzene rings is 2. The fourth-order valence-corrected chi connectivity index (χ4v) is 4.16. The Morgan fingerprint density at radius 2 is 1.89 bits per heavy atom. The summed E-state index contributed by atoms with van der Waals surface area (Å²) in [5.74, 6) is 0.271. The minimum absolute atomic E-state index is 0.0783. The van der Waals surface area contributed by atoms with E-state index in [1.54, 1.807) is 30.3 Å². The number of carbonyl (C=O) groups is 1. The summed E-state index contributed by atoms with van der Waals surface area (Å²) in [5, 5.41) is 13.4. The van der Waals surface area contributed by atoms with Crippen LogP contribution in [-0.2, 0) is 6.54 Å². The second kappa shape index (κ2) is 7.55. The lowest BCUT2D eigenvalue weighted by Crippen LogP contribution is -3.11. The van der Waals surface area contributed by atoms with Crippen molar-refractivity contribution in [2.45, 2.75) is 25.8 Å². The van der Waals surface area contributed by atoms with Crippen molar-refractivity contribution in [1.82, 2.24) is 0 Å². The van der Waals surface area contributed by atoms with Crippen molar-refractivity contribution < 1.29 is 19.5 Å². The molecular weight excluding hydrogens is 385 g/mol. The molecule has 2 heterocycles. The molecule has 2 aromatic carbocycles. The maximum atomic E-state index is 12.8. The number of ether oxygens (including phenoxy) is 1. The molecule has 2 aliphatic rings. The van der Waals surface area contributed by atoms with Gasteiger partial charge in [0.15, 0.2) is 5.76 Å². The molecular formula is C21H19Cl2NO3. The number of hydrogen-bond donors (Lipinski definition) is 1.